The van der Waals surface area contributed by atoms with Crippen molar-refractivity contribution < 1.29 is 13.9 Å². The summed E-state index contributed by atoms with van der Waals surface area (Å²) in [6, 6.07) is 32.2. The second kappa shape index (κ2) is 11.6. The summed E-state index contributed by atoms with van der Waals surface area (Å²) in [7, 11) is 1.58. The van der Waals surface area contributed by atoms with E-state index in [0.717, 1.165) is 21.7 Å². The van der Waals surface area contributed by atoms with Crippen LogP contribution in [0.15, 0.2) is 122 Å². The number of nitrogens with zero attached hydrogens (tertiary/aromatic N) is 3. The molecular formula is C35H23BrClN3O4. The van der Waals surface area contributed by atoms with Gasteiger partial charge in [0.25, 0.3) is 5.56 Å². The first-order valence-electron chi connectivity index (χ1n) is 13.7. The number of ether oxygens (including phenoxy) is 2. The van der Waals surface area contributed by atoms with Crippen molar-refractivity contribution in [2.75, 3.05) is 7.11 Å². The monoisotopic (exact) mass is 663 g/mol. The second-order valence-electron chi connectivity index (χ2n) is 10.1. The summed E-state index contributed by atoms with van der Waals surface area (Å²) in [5.41, 5.74) is 2.56. The van der Waals surface area contributed by atoms with Crippen molar-refractivity contribution in [3.8, 4) is 23.1 Å². The lowest BCUT2D eigenvalue weighted by Crippen LogP contribution is -2.20. The Morgan fingerprint density at radius 2 is 1.73 bits per heavy atom. The van der Waals surface area contributed by atoms with Crippen LogP contribution in [0.4, 0.5) is 0 Å². The van der Waals surface area contributed by atoms with Gasteiger partial charge in [0.2, 0.25) is 5.82 Å². The van der Waals surface area contributed by atoms with Crippen molar-refractivity contribution in [2.45, 2.75) is 6.61 Å². The van der Waals surface area contributed by atoms with Gasteiger partial charge in [0.1, 0.15) is 12.2 Å². The zero-order chi connectivity index (χ0) is 30.2. The Morgan fingerprint density at radius 1 is 0.932 bits per heavy atom. The van der Waals surface area contributed by atoms with E-state index in [-0.39, 0.29) is 11.4 Å². The highest BCUT2D eigenvalue weighted by Crippen LogP contribution is 2.37. The number of hydrogen-bond donors (Lipinski definition) is 0. The number of para-hydroxylation sites is 1. The summed E-state index contributed by atoms with van der Waals surface area (Å²) in [5.74, 6) is 1.72. The van der Waals surface area contributed by atoms with E-state index in [2.05, 4.69) is 39.2 Å². The number of rotatable bonds is 7. The smallest absolute Gasteiger partial charge is 0.282 e. The molecule has 7 nitrogen and oxygen atoms in total. The minimum atomic E-state index is -0.332. The molecule has 44 heavy (non-hydrogen) atoms. The van der Waals surface area contributed by atoms with Crippen molar-refractivity contribution in [3.05, 3.63) is 134 Å². The van der Waals surface area contributed by atoms with E-state index < -0.39 is 0 Å². The normalized spacial score (nSPS) is 11.6. The van der Waals surface area contributed by atoms with Gasteiger partial charge in [0, 0.05) is 10.4 Å². The van der Waals surface area contributed by atoms with E-state index in [4.69, 9.17) is 30.5 Å². The molecule has 2 heterocycles. The molecule has 7 rings (SSSR count). The van der Waals surface area contributed by atoms with Crippen LogP contribution >= 0.6 is 27.5 Å². The minimum Gasteiger partial charge on any atom is -0.493 e. The summed E-state index contributed by atoms with van der Waals surface area (Å²) >= 11 is 9.83. The Labute approximate surface area is 265 Å². The first kappa shape index (κ1) is 27.9. The van der Waals surface area contributed by atoms with Crippen LogP contribution in [0, 0.1) is 0 Å². The average Bonchev–Trinajstić information content (AvgIpc) is 3.46. The molecule has 216 valence electrons. The van der Waals surface area contributed by atoms with Crippen molar-refractivity contribution in [3.63, 3.8) is 0 Å². The first-order chi connectivity index (χ1) is 21.5. The standard InChI is InChI=1S/C35H23BrClN3O4/c1-42-31-16-21(15-28(36)33(31)43-20-23-9-6-8-22-7-2-3-10-26(22)23)19-38-40-34(39-29-12-5-4-11-27(29)35(40)41)32-18-24-17-25(37)13-14-30(24)44-32/h2-19H,20H2,1H3. The van der Waals surface area contributed by atoms with Gasteiger partial charge in [0.15, 0.2) is 17.3 Å². The fraction of sp³-hybridized carbons (Fsp3) is 0.0571. The molecule has 0 amide bonds. The molecular weight excluding hydrogens is 642 g/mol. The molecule has 9 heteroatoms. The fourth-order valence-electron chi connectivity index (χ4n) is 5.16. The SMILES string of the molecule is COc1cc(C=Nn2c(-c3cc4cc(Cl)ccc4o3)nc3ccccc3c2=O)cc(Br)c1OCc1cccc2ccccc12. The van der Waals surface area contributed by atoms with Gasteiger partial charge in [-0.2, -0.15) is 9.78 Å². The summed E-state index contributed by atoms with van der Waals surface area (Å²) in [4.78, 5) is 18.4. The predicted molar refractivity (Wildman–Crippen MR) is 178 cm³/mol. The molecule has 0 atom stereocenters. The lowest BCUT2D eigenvalue weighted by molar-refractivity contribution is 0.283. The molecule has 5 aromatic carbocycles. The fourth-order valence-corrected chi connectivity index (χ4v) is 5.92. The maximum absolute atomic E-state index is 13.7. The Hall–Kier alpha value is -4.92. The first-order valence-corrected chi connectivity index (χ1v) is 14.9. The molecule has 0 spiro atoms. The Bertz CT molecular complexity index is 2290. The number of fused-ring (bicyclic) bond motifs is 3. The summed E-state index contributed by atoms with van der Waals surface area (Å²) in [6.45, 7) is 0.355. The maximum Gasteiger partial charge on any atom is 0.282 e. The molecule has 0 radical (unpaired) electrons. The van der Waals surface area contributed by atoms with Crippen molar-refractivity contribution >= 4 is 66.4 Å². The van der Waals surface area contributed by atoms with Crippen molar-refractivity contribution in [1.29, 1.82) is 0 Å². The highest BCUT2D eigenvalue weighted by molar-refractivity contribution is 9.10. The van der Waals surface area contributed by atoms with Gasteiger partial charge in [-0.15, -0.1) is 0 Å². The minimum absolute atomic E-state index is 0.262. The Morgan fingerprint density at radius 3 is 2.59 bits per heavy atom. The van der Waals surface area contributed by atoms with Gasteiger partial charge in [-0.3, -0.25) is 4.79 Å². The van der Waals surface area contributed by atoms with Gasteiger partial charge < -0.3 is 13.9 Å². The molecule has 0 aliphatic rings. The lowest BCUT2D eigenvalue weighted by Gasteiger charge is -2.14. The molecule has 0 saturated carbocycles. The highest BCUT2D eigenvalue weighted by atomic mass is 79.9. The third kappa shape index (κ3) is 5.23. The van der Waals surface area contributed by atoms with Gasteiger partial charge in [-0.1, -0.05) is 66.2 Å². The molecule has 0 aliphatic heterocycles. The number of methoxy groups -OCH3 is 1. The molecule has 0 unspecified atom stereocenters. The van der Waals surface area contributed by atoms with Crippen LogP contribution in [-0.2, 0) is 6.61 Å². The van der Waals surface area contributed by atoms with Gasteiger partial charge in [-0.05, 0) is 86.4 Å². The van der Waals surface area contributed by atoms with E-state index in [1.165, 1.54) is 4.68 Å². The lowest BCUT2D eigenvalue weighted by atomic mass is 10.1. The zero-order valence-electron chi connectivity index (χ0n) is 23.3. The van der Waals surface area contributed by atoms with Crippen molar-refractivity contribution in [2.24, 2.45) is 5.10 Å². The van der Waals surface area contributed by atoms with E-state index in [0.29, 0.717) is 55.4 Å². The van der Waals surface area contributed by atoms with Crippen molar-refractivity contribution in [1.82, 2.24) is 9.66 Å². The largest absolute Gasteiger partial charge is 0.493 e. The zero-order valence-corrected chi connectivity index (χ0v) is 25.7. The number of benzene rings is 5. The average molecular weight is 665 g/mol. The van der Waals surface area contributed by atoms with Crippen LogP contribution in [0.3, 0.4) is 0 Å². The summed E-state index contributed by atoms with van der Waals surface area (Å²) in [6.07, 6.45) is 1.57. The Kier molecular flexibility index (Phi) is 7.37. The topological polar surface area (TPSA) is 78.9 Å². The third-order valence-electron chi connectivity index (χ3n) is 7.28. The van der Waals surface area contributed by atoms with E-state index in [9.17, 15) is 4.79 Å². The van der Waals surface area contributed by atoms with Crippen LogP contribution in [0.5, 0.6) is 11.5 Å². The van der Waals surface area contributed by atoms with E-state index >= 15 is 0 Å². The number of halogens is 2. The van der Waals surface area contributed by atoms with Crippen LogP contribution in [0.25, 0.3) is 44.2 Å². The highest BCUT2D eigenvalue weighted by Gasteiger charge is 2.17. The van der Waals surface area contributed by atoms with Crippen LogP contribution in [0.1, 0.15) is 11.1 Å². The third-order valence-corrected chi connectivity index (χ3v) is 8.10. The summed E-state index contributed by atoms with van der Waals surface area (Å²) in [5, 5.41) is 8.66. The number of furan rings is 1. The molecule has 0 fully saturated rings. The second-order valence-corrected chi connectivity index (χ2v) is 11.4. The van der Waals surface area contributed by atoms with Gasteiger partial charge in [0.05, 0.1) is 28.7 Å². The number of hydrogen-bond acceptors (Lipinski definition) is 6. The predicted octanol–water partition coefficient (Wildman–Crippen LogP) is 8.85. The van der Waals surface area contributed by atoms with E-state index in [1.807, 2.05) is 36.4 Å². The quantitative estimate of drug-likeness (QED) is 0.159. The molecule has 0 aliphatic carbocycles. The number of aromatic nitrogens is 2. The van der Waals surface area contributed by atoms with Crippen LogP contribution < -0.4 is 15.0 Å². The van der Waals surface area contributed by atoms with Gasteiger partial charge in [-0.25, -0.2) is 4.98 Å². The van der Waals surface area contributed by atoms with Crippen LogP contribution in [0.2, 0.25) is 5.02 Å². The molecule has 0 N–H and O–H groups in total. The van der Waals surface area contributed by atoms with E-state index in [1.54, 1.807) is 61.9 Å². The Balaban J connectivity index is 1.26. The van der Waals surface area contributed by atoms with Gasteiger partial charge >= 0.3 is 0 Å². The molecule has 2 aromatic heterocycles. The molecule has 0 bridgehead atoms. The maximum atomic E-state index is 13.7. The summed E-state index contributed by atoms with van der Waals surface area (Å²) < 4.78 is 19.9. The molecule has 0 saturated heterocycles. The molecule has 7 aromatic rings. The van der Waals surface area contributed by atoms with Crippen LogP contribution in [-0.4, -0.2) is 23.0 Å².